The van der Waals surface area contributed by atoms with Crippen LogP contribution < -0.4 is 10.9 Å². The van der Waals surface area contributed by atoms with E-state index in [2.05, 4.69) is 5.32 Å². The van der Waals surface area contributed by atoms with Crippen molar-refractivity contribution >= 4 is 34.2 Å². The highest BCUT2D eigenvalue weighted by atomic mass is 35.5. The molecule has 34 heavy (non-hydrogen) atoms. The van der Waals surface area contributed by atoms with E-state index in [0.29, 0.717) is 17.8 Å². The summed E-state index contributed by atoms with van der Waals surface area (Å²) in [6, 6.07) is 12.0. The van der Waals surface area contributed by atoms with Gasteiger partial charge in [0.05, 0.1) is 16.4 Å². The molecule has 4 rings (SSSR count). The summed E-state index contributed by atoms with van der Waals surface area (Å²) in [6.07, 6.45) is 0.377. The molecule has 0 radical (unpaired) electrons. The number of aryl methyl sites for hydroxylation is 4. The summed E-state index contributed by atoms with van der Waals surface area (Å²) < 4.78 is 16.9. The fraction of sp³-hybridized carbons (Fsp3) is 0.269. The van der Waals surface area contributed by atoms with Crippen LogP contribution in [-0.2, 0) is 17.8 Å². The van der Waals surface area contributed by atoms with Crippen molar-refractivity contribution < 1.29 is 9.18 Å². The molecule has 0 saturated heterocycles. The Morgan fingerprint density at radius 1 is 1.15 bits per heavy atom. The van der Waals surface area contributed by atoms with Crippen molar-refractivity contribution in [3.63, 3.8) is 0 Å². The Morgan fingerprint density at radius 2 is 1.91 bits per heavy atom. The van der Waals surface area contributed by atoms with Gasteiger partial charge in [0.15, 0.2) is 0 Å². The fourth-order valence-electron chi connectivity index (χ4n) is 4.34. The van der Waals surface area contributed by atoms with E-state index in [9.17, 15) is 14.0 Å². The lowest BCUT2D eigenvalue weighted by molar-refractivity contribution is -0.116. The Kier molecular flexibility index (Phi) is 6.57. The lowest BCUT2D eigenvalue weighted by Crippen LogP contribution is -2.27. The summed E-state index contributed by atoms with van der Waals surface area (Å²) in [5.74, 6) is -0.831. The molecule has 0 aliphatic carbocycles. The number of rotatable bonds is 6. The SMILES string of the molecule is CCn1c(=O)c(CCC(=O)Nc2ccc(F)c(Cl)c2)c(C)c2c(C)nn(-c3cccc(C)c3)c21. The van der Waals surface area contributed by atoms with Gasteiger partial charge in [0.25, 0.3) is 5.56 Å². The van der Waals surface area contributed by atoms with E-state index >= 15 is 0 Å². The highest BCUT2D eigenvalue weighted by Gasteiger charge is 2.21. The third kappa shape index (κ3) is 4.35. The van der Waals surface area contributed by atoms with Crippen LogP contribution in [0.15, 0.2) is 47.3 Å². The van der Waals surface area contributed by atoms with Crippen molar-refractivity contribution in [2.45, 2.75) is 47.1 Å². The maximum Gasteiger partial charge on any atom is 0.255 e. The molecule has 0 aliphatic rings. The van der Waals surface area contributed by atoms with Gasteiger partial charge in [0.1, 0.15) is 11.5 Å². The van der Waals surface area contributed by atoms with Gasteiger partial charge in [-0.2, -0.15) is 5.10 Å². The first-order valence-corrected chi connectivity index (χ1v) is 11.5. The second-order valence-corrected chi connectivity index (χ2v) is 8.77. The minimum absolute atomic E-state index is 0.0639. The lowest BCUT2D eigenvalue weighted by Gasteiger charge is -2.15. The van der Waals surface area contributed by atoms with E-state index in [1.807, 2.05) is 56.6 Å². The predicted octanol–water partition coefficient (Wildman–Crippen LogP) is 5.50. The zero-order valence-corrected chi connectivity index (χ0v) is 20.3. The van der Waals surface area contributed by atoms with Crippen molar-refractivity contribution in [3.8, 4) is 5.69 Å². The van der Waals surface area contributed by atoms with Gasteiger partial charge in [-0.15, -0.1) is 0 Å². The highest BCUT2D eigenvalue weighted by Crippen LogP contribution is 2.27. The number of carbonyl (C=O) groups is 1. The van der Waals surface area contributed by atoms with E-state index in [0.717, 1.165) is 33.5 Å². The maximum atomic E-state index is 13.5. The third-order valence-electron chi connectivity index (χ3n) is 5.99. The van der Waals surface area contributed by atoms with Gasteiger partial charge in [0, 0.05) is 29.6 Å². The number of anilines is 1. The Hall–Kier alpha value is -3.45. The number of nitrogens with zero attached hydrogens (tertiary/aromatic N) is 3. The lowest BCUT2D eigenvalue weighted by atomic mass is 10.0. The van der Waals surface area contributed by atoms with Crippen LogP contribution in [0.4, 0.5) is 10.1 Å². The number of benzene rings is 2. The van der Waals surface area contributed by atoms with Crippen LogP contribution in [0.3, 0.4) is 0 Å². The molecule has 0 bridgehead atoms. The molecule has 0 saturated carbocycles. The van der Waals surface area contributed by atoms with Crippen molar-refractivity contribution in [2.75, 3.05) is 5.32 Å². The van der Waals surface area contributed by atoms with Gasteiger partial charge in [0.2, 0.25) is 5.91 Å². The van der Waals surface area contributed by atoms with E-state index in [-0.39, 0.29) is 29.3 Å². The normalized spacial score (nSPS) is 11.2. The van der Waals surface area contributed by atoms with Crippen molar-refractivity contribution in [1.29, 1.82) is 0 Å². The first-order valence-electron chi connectivity index (χ1n) is 11.1. The molecule has 4 aromatic rings. The summed E-state index contributed by atoms with van der Waals surface area (Å²) in [5.41, 5.74) is 5.27. The second kappa shape index (κ2) is 9.43. The van der Waals surface area contributed by atoms with Gasteiger partial charge < -0.3 is 5.32 Å². The molecule has 2 heterocycles. The number of hydrogen-bond donors (Lipinski definition) is 1. The molecule has 6 nitrogen and oxygen atoms in total. The van der Waals surface area contributed by atoms with Crippen LogP contribution in [0.25, 0.3) is 16.7 Å². The fourth-order valence-corrected chi connectivity index (χ4v) is 4.52. The smallest absolute Gasteiger partial charge is 0.255 e. The number of nitrogens with one attached hydrogen (secondary N) is 1. The Morgan fingerprint density at radius 3 is 2.59 bits per heavy atom. The van der Waals surface area contributed by atoms with Crippen molar-refractivity contribution in [3.05, 3.63) is 86.0 Å². The van der Waals surface area contributed by atoms with Crippen LogP contribution in [0.2, 0.25) is 5.02 Å². The number of amides is 1. The number of hydrogen-bond acceptors (Lipinski definition) is 3. The second-order valence-electron chi connectivity index (χ2n) is 8.36. The van der Waals surface area contributed by atoms with E-state index in [4.69, 9.17) is 16.7 Å². The van der Waals surface area contributed by atoms with Gasteiger partial charge in [-0.05, 0) is 75.6 Å². The summed E-state index contributed by atoms with van der Waals surface area (Å²) in [6.45, 7) is 8.25. The van der Waals surface area contributed by atoms with Gasteiger partial charge >= 0.3 is 0 Å². The first-order chi connectivity index (χ1) is 16.2. The molecule has 1 N–H and O–H groups in total. The Balaban J connectivity index is 1.70. The zero-order valence-electron chi connectivity index (χ0n) is 19.6. The monoisotopic (exact) mass is 480 g/mol. The van der Waals surface area contributed by atoms with Crippen LogP contribution >= 0.6 is 11.6 Å². The van der Waals surface area contributed by atoms with Gasteiger partial charge in [-0.1, -0.05) is 23.7 Å². The largest absolute Gasteiger partial charge is 0.326 e. The van der Waals surface area contributed by atoms with Gasteiger partial charge in [-0.3, -0.25) is 14.2 Å². The molecule has 0 unspecified atom stereocenters. The molecule has 0 atom stereocenters. The van der Waals surface area contributed by atoms with E-state index in [1.165, 1.54) is 18.2 Å². The number of halogens is 2. The predicted molar refractivity (Wildman–Crippen MR) is 134 cm³/mol. The maximum absolute atomic E-state index is 13.5. The summed E-state index contributed by atoms with van der Waals surface area (Å²) >= 11 is 5.79. The molecule has 0 spiro atoms. The zero-order chi connectivity index (χ0) is 24.6. The Labute approximate surface area is 202 Å². The standard InChI is InChI=1S/C26H26ClFN4O2/c1-5-31-25-24(17(4)30-32(25)19-8-6-7-15(2)13-19)16(3)20(26(31)34)10-12-23(33)29-18-9-11-22(28)21(27)14-18/h6-9,11,13-14H,5,10,12H2,1-4H3,(H,29,33). The molecule has 0 aliphatic heterocycles. The quantitative estimate of drug-likeness (QED) is 0.396. The van der Waals surface area contributed by atoms with Crippen LogP contribution in [0, 0.1) is 26.6 Å². The topological polar surface area (TPSA) is 68.9 Å². The molecular formula is C26H26ClFN4O2. The molecular weight excluding hydrogens is 455 g/mol. The van der Waals surface area contributed by atoms with Crippen LogP contribution in [-0.4, -0.2) is 20.3 Å². The molecule has 2 aromatic heterocycles. The van der Waals surface area contributed by atoms with Crippen LogP contribution in [0.1, 0.15) is 35.7 Å². The minimum atomic E-state index is -0.551. The number of carbonyl (C=O) groups excluding carboxylic acids is 1. The van der Waals surface area contributed by atoms with Crippen molar-refractivity contribution in [1.82, 2.24) is 14.3 Å². The average Bonchev–Trinajstić information content (AvgIpc) is 3.13. The van der Waals surface area contributed by atoms with E-state index in [1.54, 1.807) is 4.57 Å². The number of pyridine rings is 1. The molecule has 1 amide bonds. The highest BCUT2D eigenvalue weighted by molar-refractivity contribution is 6.31. The summed E-state index contributed by atoms with van der Waals surface area (Å²) in [4.78, 5) is 26.0. The summed E-state index contributed by atoms with van der Waals surface area (Å²) in [5, 5.41) is 8.32. The average molecular weight is 481 g/mol. The molecule has 2 aromatic carbocycles. The van der Waals surface area contributed by atoms with Crippen LogP contribution in [0.5, 0.6) is 0 Å². The summed E-state index contributed by atoms with van der Waals surface area (Å²) in [7, 11) is 0. The Bertz CT molecular complexity index is 1470. The minimum Gasteiger partial charge on any atom is -0.326 e. The van der Waals surface area contributed by atoms with Crippen molar-refractivity contribution in [2.24, 2.45) is 0 Å². The third-order valence-corrected chi connectivity index (χ3v) is 6.28. The van der Waals surface area contributed by atoms with E-state index < -0.39 is 5.82 Å². The molecule has 176 valence electrons. The number of aromatic nitrogens is 3. The first kappa shape index (κ1) is 23.7. The molecule has 0 fully saturated rings. The molecule has 8 heteroatoms. The van der Waals surface area contributed by atoms with Gasteiger partial charge in [-0.25, -0.2) is 9.07 Å². The number of fused-ring (bicyclic) bond motifs is 1.